The average Bonchev–Trinajstić information content (AvgIpc) is 2.69. The van der Waals surface area contributed by atoms with Crippen LogP contribution in [0.2, 0.25) is 0 Å². The molecule has 2 aliphatic carbocycles. The van der Waals surface area contributed by atoms with E-state index in [4.69, 9.17) is 5.53 Å². The molecule has 92 valence electrons. The fraction of sp³-hybridized carbons (Fsp3) is 1.00. The minimum absolute atomic E-state index is 0.0890. The largest absolute Gasteiger partial charge is 0.235 e. The second kappa shape index (κ2) is 2.67. The number of rotatable bonds is 2. The molecular weight excluding hydrogens is 222 g/mol. The second-order valence-electron chi connectivity index (χ2n) is 5.99. The molecule has 4 bridgehead atoms. The van der Waals surface area contributed by atoms with Crippen molar-refractivity contribution in [2.45, 2.75) is 38.8 Å². The van der Waals surface area contributed by atoms with Gasteiger partial charge >= 0.3 is 0 Å². The maximum atomic E-state index is 11.2. The predicted octanol–water partition coefficient (Wildman–Crippen LogP) is 2.33. The zero-order valence-corrected chi connectivity index (χ0v) is 9.96. The van der Waals surface area contributed by atoms with Crippen LogP contribution in [0.4, 0.5) is 0 Å². The highest BCUT2D eigenvalue weighted by molar-refractivity contribution is 5.26. The quantitative estimate of drug-likeness (QED) is 0.242. The molecule has 0 radical (unpaired) electrons. The Kier molecular flexibility index (Phi) is 1.67. The zero-order valence-electron chi connectivity index (χ0n) is 9.96. The number of hydrazine groups is 1. The molecule has 0 aromatic rings. The van der Waals surface area contributed by atoms with Gasteiger partial charge in [0.05, 0.1) is 6.54 Å². The smallest absolute Gasteiger partial charge is 0.184 e. The Morgan fingerprint density at radius 3 is 2.82 bits per heavy atom. The van der Waals surface area contributed by atoms with Gasteiger partial charge in [0.2, 0.25) is 0 Å². The van der Waals surface area contributed by atoms with E-state index in [0.29, 0.717) is 18.9 Å². The van der Waals surface area contributed by atoms with Crippen LogP contribution in [-0.2, 0) is 0 Å². The van der Waals surface area contributed by atoms with E-state index < -0.39 is 5.66 Å². The first-order chi connectivity index (χ1) is 7.91. The Labute approximate surface area is 98.5 Å². The van der Waals surface area contributed by atoms with Gasteiger partial charge in [0, 0.05) is 15.7 Å². The molecule has 0 amide bonds. The Morgan fingerprint density at radius 1 is 1.59 bits per heavy atom. The minimum atomic E-state index is -0.942. The highest BCUT2D eigenvalue weighted by atomic mass is 16.7. The highest BCUT2D eigenvalue weighted by Gasteiger charge is 2.81. The molecule has 7 nitrogen and oxygen atoms in total. The Morgan fingerprint density at radius 2 is 2.29 bits per heavy atom. The summed E-state index contributed by atoms with van der Waals surface area (Å²) in [6.07, 6.45) is 2.64. The van der Waals surface area contributed by atoms with E-state index in [1.165, 1.54) is 5.01 Å². The third-order valence-corrected chi connectivity index (χ3v) is 5.88. The molecule has 7 heteroatoms. The van der Waals surface area contributed by atoms with Gasteiger partial charge in [0.15, 0.2) is 10.7 Å². The van der Waals surface area contributed by atoms with Crippen molar-refractivity contribution >= 4 is 0 Å². The summed E-state index contributed by atoms with van der Waals surface area (Å²) in [4.78, 5) is 14.1. The number of azide groups is 1. The van der Waals surface area contributed by atoms with Gasteiger partial charge < -0.3 is 0 Å². The van der Waals surface area contributed by atoms with E-state index in [1.54, 1.807) is 0 Å². The summed E-state index contributed by atoms with van der Waals surface area (Å²) >= 11 is 0. The molecule has 0 aromatic carbocycles. The molecule has 0 aromatic heterocycles. The lowest BCUT2D eigenvalue weighted by atomic mass is 9.69. The van der Waals surface area contributed by atoms with Crippen molar-refractivity contribution < 1.29 is 5.03 Å². The maximum Gasteiger partial charge on any atom is 0.184 e. The van der Waals surface area contributed by atoms with E-state index in [2.05, 4.69) is 23.9 Å². The van der Waals surface area contributed by atoms with Crippen LogP contribution in [0.3, 0.4) is 0 Å². The highest BCUT2D eigenvalue weighted by Crippen LogP contribution is 2.76. The summed E-state index contributed by atoms with van der Waals surface area (Å²) < 4.78 is 0. The summed E-state index contributed by atoms with van der Waals surface area (Å²) in [5, 5.41) is 15.9. The van der Waals surface area contributed by atoms with Gasteiger partial charge in [0.25, 0.3) is 0 Å². The molecule has 0 spiro atoms. The van der Waals surface area contributed by atoms with Crippen LogP contribution in [0.15, 0.2) is 5.11 Å². The summed E-state index contributed by atoms with van der Waals surface area (Å²) in [6.45, 7) is 4.57. The van der Waals surface area contributed by atoms with Gasteiger partial charge in [-0.15, -0.1) is 5.01 Å². The van der Waals surface area contributed by atoms with Crippen molar-refractivity contribution in [1.82, 2.24) is 5.01 Å². The van der Waals surface area contributed by atoms with Crippen LogP contribution in [0.5, 0.6) is 0 Å². The number of hydrogen-bond donors (Lipinski definition) is 0. The molecule has 1 saturated heterocycles. The van der Waals surface area contributed by atoms with Crippen molar-refractivity contribution in [3.63, 3.8) is 0 Å². The molecule has 1 aliphatic heterocycles. The molecule has 0 N–H and O–H groups in total. The lowest BCUT2D eigenvalue weighted by Gasteiger charge is -2.39. The lowest BCUT2D eigenvalue weighted by Crippen LogP contribution is -2.53. The fourth-order valence-corrected chi connectivity index (χ4v) is 4.68. The van der Waals surface area contributed by atoms with Crippen LogP contribution < -0.4 is 0 Å². The number of hydrogen-bond acceptors (Lipinski definition) is 3. The van der Waals surface area contributed by atoms with Gasteiger partial charge in [-0.3, -0.25) is 0 Å². The normalized spacial score (nSPS) is 50.5. The third-order valence-electron chi connectivity index (χ3n) is 5.88. The van der Waals surface area contributed by atoms with Crippen molar-refractivity contribution in [3.8, 4) is 0 Å². The molecule has 0 unspecified atom stereocenters. The SMILES string of the molecule is C[C@@]12CC[C@@H]3C[C@@]1(N=[N+]=[N-])N([N+](=O)[O-])C[C@@]32C. The number of piperidine rings is 1. The van der Waals surface area contributed by atoms with Crippen LogP contribution in [0.1, 0.15) is 33.1 Å². The second-order valence-corrected chi connectivity index (χ2v) is 5.99. The fourth-order valence-electron chi connectivity index (χ4n) is 4.68. The molecule has 3 rings (SSSR count). The van der Waals surface area contributed by atoms with Gasteiger partial charge in [-0.25, -0.2) is 10.1 Å². The Balaban J connectivity index is 2.20. The predicted molar refractivity (Wildman–Crippen MR) is 59.1 cm³/mol. The van der Waals surface area contributed by atoms with Crippen LogP contribution >= 0.6 is 0 Å². The topological polar surface area (TPSA) is 95.1 Å². The molecular formula is C10H15N5O2. The van der Waals surface area contributed by atoms with Crippen molar-refractivity contribution in [2.75, 3.05) is 6.54 Å². The molecule has 1 heterocycles. The standard InChI is InChI=1S/C10H15N5O2/c1-8-6-14(15(16)17)10(12-13-11)5-7(8)3-4-9(8,10)2/h7H,3-6H2,1-2H3/t7-,8+,9+,10-/m1/s1. The zero-order chi connectivity index (χ0) is 12.5. The first-order valence-corrected chi connectivity index (χ1v) is 5.89. The van der Waals surface area contributed by atoms with E-state index in [0.717, 1.165) is 12.8 Å². The van der Waals surface area contributed by atoms with Gasteiger partial charge in [0.1, 0.15) is 0 Å². The van der Waals surface area contributed by atoms with E-state index >= 15 is 0 Å². The van der Waals surface area contributed by atoms with Crippen molar-refractivity contribution in [2.24, 2.45) is 21.9 Å². The minimum Gasteiger partial charge on any atom is -0.235 e. The summed E-state index contributed by atoms with van der Waals surface area (Å²) in [7, 11) is 0. The van der Waals surface area contributed by atoms with Crippen LogP contribution in [0, 0.1) is 26.9 Å². The molecule has 17 heavy (non-hydrogen) atoms. The van der Waals surface area contributed by atoms with Gasteiger partial charge in [-0.2, -0.15) is 0 Å². The molecule has 3 aliphatic rings. The van der Waals surface area contributed by atoms with Gasteiger partial charge in [-0.1, -0.05) is 19.0 Å². The molecule has 4 atom stereocenters. The maximum absolute atomic E-state index is 11.2. The van der Waals surface area contributed by atoms with E-state index in [9.17, 15) is 10.1 Å². The Bertz CT molecular complexity index is 462. The van der Waals surface area contributed by atoms with Crippen molar-refractivity contribution in [3.05, 3.63) is 20.6 Å². The van der Waals surface area contributed by atoms with Crippen LogP contribution in [-0.4, -0.2) is 22.2 Å². The van der Waals surface area contributed by atoms with Crippen LogP contribution in [0.25, 0.3) is 10.4 Å². The first kappa shape index (κ1) is 10.7. The third kappa shape index (κ3) is 0.824. The molecule has 2 saturated carbocycles. The lowest BCUT2D eigenvalue weighted by molar-refractivity contribution is -0.675. The Hall–Kier alpha value is -1.49. The number of nitro groups is 1. The molecule has 3 fully saturated rings. The monoisotopic (exact) mass is 237 g/mol. The van der Waals surface area contributed by atoms with E-state index in [-0.39, 0.29) is 15.9 Å². The summed E-state index contributed by atoms with van der Waals surface area (Å²) in [5.74, 6) is 0.453. The van der Waals surface area contributed by atoms with E-state index in [1.807, 2.05) is 0 Å². The van der Waals surface area contributed by atoms with Gasteiger partial charge in [-0.05, 0) is 30.7 Å². The average molecular weight is 237 g/mol. The summed E-state index contributed by atoms with van der Waals surface area (Å²) in [5.41, 5.74) is 7.49. The van der Waals surface area contributed by atoms with Crippen molar-refractivity contribution in [1.29, 1.82) is 0 Å². The number of nitrogens with zero attached hydrogens (tertiary/aromatic N) is 5. The first-order valence-electron chi connectivity index (χ1n) is 5.89. The summed E-state index contributed by atoms with van der Waals surface area (Å²) in [6, 6.07) is 0.